The lowest BCUT2D eigenvalue weighted by Gasteiger charge is -2.13. The van der Waals surface area contributed by atoms with Crippen LogP contribution in [0.25, 0.3) is 10.2 Å². The van der Waals surface area contributed by atoms with Crippen molar-refractivity contribution in [3.63, 3.8) is 0 Å². The maximum atomic E-state index is 4.40. The summed E-state index contributed by atoms with van der Waals surface area (Å²) in [6.45, 7) is 8.46. The zero-order chi connectivity index (χ0) is 14.3. The highest BCUT2D eigenvalue weighted by molar-refractivity contribution is 7.18. The van der Waals surface area contributed by atoms with Gasteiger partial charge in [-0.15, -0.1) is 11.3 Å². The van der Waals surface area contributed by atoms with Gasteiger partial charge in [0.1, 0.15) is 17.0 Å². The van der Waals surface area contributed by atoms with Crippen LogP contribution in [0.15, 0.2) is 24.5 Å². The molecule has 4 heteroatoms. The van der Waals surface area contributed by atoms with Gasteiger partial charge < -0.3 is 5.32 Å². The van der Waals surface area contributed by atoms with Crippen LogP contribution in [0.3, 0.4) is 0 Å². The highest BCUT2D eigenvalue weighted by atomic mass is 32.1. The number of benzene rings is 1. The van der Waals surface area contributed by atoms with Crippen LogP contribution in [-0.4, -0.2) is 9.97 Å². The van der Waals surface area contributed by atoms with Crippen molar-refractivity contribution in [2.24, 2.45) is 0 Å². The SMILES string of the molecule is Cc1cc(C)c(Nc2ncnc3sc(C)cc23)c(C)c1. The first-order valence-electron chi connectivity index (χ1n) is 6.60. The van der Waals surface area contributed by atoms with Gasteiger partial charge in [-0.3, -0.25) is 0 Å². The monoisotopic (exact) mass is 283 g/mol. The Hall–Kier alpha value is -1.94. The molecule has 3 rings (SSSR count). The van der Waals surface area contributed by atoms with Crippen LogP contribution in [0.1, 0.15) is 21.6 Å². The molecule has 3 nitrogen and oxygen atoms in total. The van der Waals surface area contributed by atoms with Gasteiger partial charge >= 0.3 is 0 Å². The predicted octanol–water partition coefficient (Wildman–Crippen LogP) is 4.67. The number of nitrogens with one attached hydrogen (secondary N) is 1. The third-order valence-electron chi connectivity index (χ3n) is 3.37. The molecule has 0 atom stereocenters. The largest absolute Gasteiger partial charge is 0.339 e. The van der Waals surface area contributed by atoms with Gasteiger partial charge in [-0.25, -0.2) is 9.97 Å². The molecule has 0 saturated carbocycles. The molecule has 0 aliphatic rings. The molecule has 0 radical (unpaired) electrons. The van der Waals surface area contributed by atoms with Crippen LogP contribution in [0.5, 0.6) is 0 Å². The first-order chi connectivity index (χ1) is 9.54. The average Bonchev–Trinajstić information content (AvgIpc) is 2.74. The third-order valence-corrected chi connectivity index (χ3v) is 4.33. The summed E-state index contributed by atoms with van der Waals surface area (Å²) in [5, 5.41) is 4.57. The molecular weight excluding hydrogens is 266 g/mol. The standard InChI is InChI=1S/C16H17N3S/c1-9-5-10(2)14(11(3)6-9)19-15-13-7-12(4)20-16(13)18-8-17-15/h5-8H,1-4H3,(H,17,18,19). The summed E-state index contributed by atoms with van der Waals surface area (Å²) in [7, 11) is 0. The quantitative estimate of drug-likeness (QED) is 0.742. The Morgan fingerprint density at radius 1 is 0.950 bits per heavy atom. The van der Waals surface area contributed by atoms with Gasteiger partial charge in [-0.1, -0.05) is 17.7 Å². The molecule has 0 spiro atoms. The van der Waals surface area contributed by atoms with Gasteiger partial charge in [-0.05, 0) is 44.9 Å². The Labute approximate surface area is 122 Å². The number of nitrogens with zero attached hydrogens (tertiary/aromatic N) is 2. The Bertz CT molecular complexity index is 767. The van der Waals surface area contributed by atoms with Crippen molar-refractivity contribution >= 4 is 33.1 Å². The van der Waals surface area contributed by atoms with Crippen molar-refractivity contribution < 1.29 is 0 Å². The predicted molar refractivity (Wildman–Crippen MR) is 86.1 cm³/mol. The first kappa shape index (κ1) is 13.1. The molecule has 2 heterocycles. The van der Waals surface area contributed by atoms with Gasteiger partial charge in [0.25, 0.3) is 0 Å². The molecule has 0 fully saturated rings. The van der Waals surface area contributed by atoms with E-state index in [9.17, 15) is 0 Å². The van der Waals surface area contributed by atoms with Crippen molar-refractivity contribution in [3.8, 4) is 0 Å². The molecular formula is C16H17N3S. The lowest BCUT2D eigenvalue weighted by Crippen LogP contribution is -1.99. The summed E-state index contributed by atoms with van der Waals surface area (Å²) in [4.78, 5) is 11.0. The molecule has 102 valence electrons. The van der Waals surface area contributed by atoms with Gasteiger partial charge in [0.05, 0.1) is 5.39 Å². The maximum absolute atomic E-state index is 4.40. The number of aromatic nitrogens is 2. The van der Waals surface area contributed by atoms with Crippen LogP contribution in [0, 0.1) is 27.7 Å². The van der Waals surface area contributed by atoms with E-state index >= 15 is 0 Å². The number of thiophene rings is 1. The van der Waals surface area contributed by atoms with Crippen molar-refractivity contribution in [2.75, 3.05) is 5.32 Å². The molecule has 3 aromatic rings. The molecule has 0 unspecified atom stereocenters. The zero-order valence-corrected chi connectivity index (χ0v) is 12.9. The summed E-state index contributed by atoms with van der Waals surface area (Å²) in [6, 6.07) is 6.51. The van der Waals surface area contributed by atoms with Crippen LogP contribution >= 0.6 is 11.3 Å². The second-order valence-electron chi connectivity index (χ2n) is 5.20. The van der Waals surface area contributed by atoms with Crippen molar-refractivity contribution in [1.82, 2.24) is 9.97 Å². The summed E-state index contributed by atoms with van der Waals surface area (Å²) in [5.74, 6) is 0.884. The average molecular weight is 283 g/mol. The molecule has 0 amide bonds. The summed E-state index contributed by atoms with van der Waals surface area (Å²) < 4.78 is 0. The van der Waals surface area contributed by atoms with E-state index in [0.29, 0.717) is 0 Å². The Balaban J connectivity index is 2.10. The van der Waals surface area contributed by atoms with Crippen LogP contribution in [0.4, 0.5) is 11.5 Å². The Kier molecular flexibility index (Phi) is 3.18. The highest BCUT2D eigenvalue weighted by Crippen LogP contribution is 2.31. The smallest absolute Gasteiger partial charge is 0.142 e. The molecule has 1 aromatic carbocycles. The van der Waals surface area contributed by atoms with Crippen LogP contribution in [0.2, 0.25) is 0 Å². The van der Waals surface area contributed by atoms with Crippen LogP contribution < -0.4 is 5.32 Å². The number of aryl methyl sites for hydroxylation is 4. The molecule has 1 N–H and O–H groups in total. The molecule has 20 heavy (non-hydrogen) atoms. The summed E-state index contributed by atoms with van der Waals surface area (Å²) in [5.41, 5.74) is 4.90. The zero-order valence-electron chi connectivity index (χ0n) is 12.1. The van der Waals surface area contributed by atoms with Crippen molar-refractivity contribution in [3.05, 3.63) is 46.1 Å². The minimum absolute atomic E-state index is 0.884. The lowest BCUT2D eigenvalue weighted by atomic mass is 10.1. The Morgan fingerprint density at radius 3 is 2.35 bits per heavy atom. The van der Waals surface area contributed by atoms with Crippen molar-refractivity contribution in [1.29, 1.82) is 0 Å². The van der Waals surface area contributed by atoms with Gasteiger partial charge in [-0.2, -0.15) is 0 Å². The first-order valence-corrected chi connectivity index (χ1v) is 7.42. The van der Waals surface area contributed by atoms with E-state index in [1.807, 2.05) is 0 Å². The van der Waals surface area contributed by atoms with E-state index in [0.717, 1.165) is 21.7 Å². The maximum Gasteiger partial charge on any atom is 0.142 e. The third kappa shape index (κ3) is 2.27. The minimum Gasteiger partial charge on any atom is -0.339 e. The van der Waals surface area contributed by atoms with E-state index in [2.05, 4.69) is 61.2 Å². The fourth-order valence-corrected chi connectivity index (χ4v) is 3.42. The molecule has 0 bridgehead atoms. The summed E-state index contributed by atoms with van der Waals surface area (Å²) in [6.07, 6.45) is 1.62. The van der Waals surface area contributed by atoms with Crippen LogP contribution in [-0.2, 0) is 0 Å². The fourth-order valence-electron chi connectivity index (χ4n) is 2.57. The van der Waals surface area contributed by atoms with E-state index < -0.39 is 0 Å². The number of rotatable bonds is 2. The van der Waals surface area contributed by atoms with Gasteiger partial charge in [0, 0.05) is 10.6 Å². The minimum atomic E-state index is 0.884. The number of hydrogen-bond donors (Lipinski definition) is 1. The van der Waals surface area contributed by atoms with E-state index in [-0.39, 0.29) is 0 Å². The Morgan fingerprint density at radius 2 is 1.65 bits per heavy atom. The molecule has 2 aromatic heterocycles. The lowest BCUT2D eigenvalue weighted by molar-refractivity contribution is 1.22. The molecule has 0 aliphatic carbocycles. The van der Waals surface area contributed by atoms with Gasteiger partial charge in [0.15, 0.2) is 0 Å². The van der Waals surface area contributed by atoms with E-state index in [1.54, 1.807) is 17.7 Å². The number of fused-ring (bicyclic) bond motifs is 1. The van der Waals surface area contributed by atoms with E-state index in [1.165, 1.54) is 21.6 Å². The fraction of sp³-hybridized carbons (Fsp3) is 0.250. The highest BCUT2D eigenvalue weighted by Gasteiger charge is 2.10. The second kappa shape index (κ2) is 4.87. The summed E-state index contributed by atoms with van der Waals surface area (Å²) >= 11 is 1.70. The van der Waals surface area contributed by atoms with Crippen molar-refractivity contribution in [2.45, 2.75) is 27.7 Å². The molecule has 0 saturated heterocycles. The number of anilines is 2. The topological polar surface area (TPSA) is 37.8 Å². The number of hydrogen-bond acceptors (Lipinski definition) is 4. The molecule has 0 aliphatic heterocycles. The van der Waals surface area contributed by atoms with Gasteiger partial charge in [0.2, 0.25) is 0 Å². The second-order valence-corrected chi connectivity index (χ2v) is 6.43. The normalized spacial score (nSPS) is 11.0. The van der Waals surface area contributed by atoms with E-state index in [4.69, 9.17) is 0 Å².